The Morgan fingerprint density at radius 1 is 0.743 bits per heavy atom. The minimum Gasteiger partial charge on any atom is -0.497 e. The van der Waals surface area contributed by atoms with Crippen molar-refractivity contribution in [3.05, 3.63) is 148 Å². The Kier molecular flexibility index (Phi) is 6.14. The molecule has 0 saturated heterocycles. The van der Waals surface area contributed by atoms with Crippen LogP contribution >= 0.6 is 0 Å². The lowest BCUT2D eigenvalue weighted by Crippen LogP contribution is -2.24. The van der Waals surface area contributed by atoms with Crippen molar-refractivity contribution in [1.29, 1.82) is 0 Å². The number of allylic oxidation sites excluding steroid dienone is 2. The van der Waals surface area contributed by atoms with E-state index in [2.05, 4.69) is 53.5 Å². The van der Waals surface area contributed by atoms with Gasteiger partial charge in [-0.15, -0.1) is 0 Å². The monoisotopic (exact) mass is 460 g/mol. The first-order valence-corrected chi connectivity index (χ1v) is 11.4. The second-order valence-corrected chi connectivity index (χ2v) is 8.25. The van der Waals surface area contributed by atoms with Gasteiger partial charge in [-0.2, -0.15) is 0 Å². The van der Waals surface area contributed by atoms with Crippen LogP contribution in [-0.4, -0.2) is 12.0 Å². The molecule has 1 aliphatic rings. The first-order chi connectivity index (χ1) is 17.1. The van der Waals surface area contributed by atoms with Crippen LogP contribution in [0.3, 0.4) is 0 Å². The fraction of sp³-hybridized carbons (Fsp3) is 0.0667. The van der Waals surface area contributed by atoms with Crippen molar-refractivity contribution in [3.63, 3.8) is 0 Å². The highest BCUT2D eigenvalue weighted by Crippen LogP contribution is 2.43. The maximum atomic E-state index is 11.6. The van der Waals surface area contributed by atoms with Crippen LogP contribution in [0.4, 0.5) is 11.4 Å². The van der Waals surface area contributed by atoms with Crippen LogP contribution in [-0.2, 0) is 0 Å². The van der Waals surface area contributed by atoms with Crippen molar-refractivity contribution >= 4 is 22.8 Å². The number of methoxy groups -OCH3 is 1. The van der Waals surface area contributed by atoms with Crippen LogP contribution in [0.15, 0.2) is 121 Å². The number of nitro groups is 1. The summed E-state index contributed by atoms with van der Waals surface area (Å²) >= 11 is 0. The zero-order valence-electron chi connectivity index (χ0n) is 19.2. The lowest BCUT2D eigenvalue weighted by Gasteiger charge is -2.35. The van der Waals surface area contributed by atoms with Crippen LogP contribution in [0.1, 0.15) is 22.6 Å². The van der Waals surface area contributed by atoms with Gasteiger partial charge in [0.15, 0.2) is 0 Å². The smallest absolute Gasteiger partial charge is 0.271 e. The summed E-state index contributed by atoms with van der Waals surface area (Å²) in [6, 6.07) is 35.1. The molecule has 1 aliphatic heterocycles. The van der Waals surface area contributed by atoms with Gasteiger partial charge in [0.2, 0.25) is 0 Å². The number of hydrogen-bond donors (Lipinski definition) is 0. The number of non-ortho nitro benzene ring substituents is 1. The van der Waals surface area contributed by atoms with E-state index in [4.69, 9.17) is 4.74 Å². The molecule has 4 aromatic rings. The second kappa shape index (κ2) is 9.69. The maximum Gasteiger partial charge on any atom is 0.271 e. The van der Waals surface area contributed by atoms with Gasteiger partial charge in [0.25, 0.3) is 5.69 Å². The highest BCUT2D eigenvalue weighted by molar-refractivity contribution is 5.98. The minimum absolute atomic E-state index is 0.00117. The molecule has 172 valence electrons. The van der Waals surface area contributed by atoms with Crippen LogP contribution in [0.5, 0.6) is 5.75 Å². The third-order valence-corrected chi connectivity index (χ3v) is 6.10. The number of rotatable bonds is 6. The van der Waals surface area contributed by atoms with Gasteiger partial charge in [-0.05, 0) is 47.0 Å². The lowest BCUT2D eigenvalue weighted by molar-refractivity contribution is -0.384. The standard InChI is InChI=1S/C30H24N2O3/c1-35-28-17-15-22(16-18-28)25-19-29(23-9-4-2-5-10-23)31(26-13-8-14-27(21-26)32(33)34)30(20-25)24-11-6-3-7-12-24/h2-21,25H,1H3. The molecule has 0 aromatic heterocycles. The highest BCUT2D eigenvalue weighted by Gasteiger charge is 2.27. The number of benzene rings is 4. The van der Waals surface area contributed by atoms with Gasteiger partial charge in [-0.25, -0.2) is 0 Å². The van der Waals surface area contributed by atoms with Crippen LogP contribution in [0, 0.1) is 10.1 Å². The van der Waals surface area contributed by atoms with E-state index in [-0.39, 0.29) is 16.5 Å². The molecule has 0 N–H and O–H groups in total. The van der Waals surface area contributed by atoms with Gasteiger partial charge in [0, 0.05) is 18.1 Å². The number of nitrogens with zero attached hydrogens (tertiary/aromatic N) is 2. The average molecular weight is 461 g/mol. The van der Waals surface area contributed by atoms with Gasteiger partial charge in [-0.1, -0.05) is 78.9 Å². The van der Waals surface area contributed by atoms with E-state index >= 15 is 0 Å². The normalized spacial score (nSPS) is 13.7. The topological polar surface area (TPSA) is 55.6 Å². The summed E-state index contributed by atoms with van der Waals surface area (Å²) in [6.07, 6.45) is 4.42. The van der Waals surface area contributed by atoms with Crippen LogP contribution in [0.2, 0.25) is 0 Å². The molecule has 0 radical (unpaired) electrons. The van der Waals surface area contributed by atoms with Crippen molar-refractivity contribution in [2.24, 2.45) is 0 Å². The molecular weight excluding hydrogens is 436 g/mol. The van der Waals surface area contributed by atoms with E-state index in [1.54, 1.807) is 19.2 Å². The van der Waals surface area contributed by atoms with Gasteiger partial charge in [0.1, 0.15) is 5.75 Å². The summed E-state index contributed by atoms with van der Waals surface area (Å²) < 4.78 is 5.35. The Morgan fingerprint density at radius 3 is 1.83 bits per heavy atom. The molecule has 0 spiro atoms. The predicted molar refractivity (Wildman–Crippen MR) is 140 cm³/mol. The van der Waals surface area contributed by atoms with E-state index in [1.165, 1.54) is 6.07 Å². The van der Waals surface area contributed by atoms with E-state index in [9.17, 15) is 10.1 Å². The zero-order chi connectivity index (χ0) is 24.2. The average Bonchev–Trinajstić information content (AvgIpc) is 2.93. The number of anilines is 1. The van der Waals surface area contributed by atoms with Gasteiger partial charge < -0.3 is 9.64 Å². The molecule has 0 saturated carbocycles. The van der Waals surface area contributed by atoms with Crippen LogP contribution < -0.4 is 9.64 Å². The first-order valence-electron chi connectivity index (χ1n) is 11.4. The molecule has 0 aliphatic carbocycles. The molecule has 0 atom stereocenters. The highest BCUT2D eigenvalue weighted by atomic mass is 16.6. The summed E-state index contributed by atoms with van der Waals surface area (Å²) in [5.74, 6) is 0.809. The number of ether oxygens (including phenoxy) is 1. The summed E-state index contributed by atoms with van der Waals surface area (Å²) in [5, 5.41) is 11.6. The van der Waals surface area contributed by atoms with Crippen molar-refractivity contribution < 1.29 is 9.66 Å². The molecule has 5 heteroatoms. The first kappa shape index (κ1) is 22.2. The Morgan fingerprint density at radius 2 is 1.31 bits per heavy atom. The van der Waals surface area contributed by atoms with Gasteiger partial charge >= 0.3 is 0 Å². The zero-order valence-corrected chi connectivity index (χ0v) is 19.2. The molecule has 35 heavy (non-hydrogen) atoms. The summed E-state index contributed by atoms with van der Waals surface area (Å²) in [5.41, 5.74) is 5.91. The maximum absolute atomic E-state index is 11.6. The summed E-state index contributed by atoms with van der Waals surface area (Å²) in [4.78, 5) is 13.3. The quantitative estimate of drug-likeness (QED) is 0.224. The fourth-order valence-corrected chi connectivity index (χ4v) is 4.38. The van der Waals surface area contributed by atoms with Crippen molar-refractivity contribution in [3.8, 4) is 5.75 Å². The fourth-order valence-electron chi connectivity index (χ4n) is 4.38. The predicted octanol–water partition coefficient (Wildman–Crippen LogP) is 7.29. The van der Waals surface area contributed by atoms with Gasteiger partial charge in [0.05, 0.1) is 29.1 Å². The Balaban J connectivity index is 1.73. The summed E-state index contributed by atoms with van der Waals surface area (Å²) in [7, 11) is 1.66. The molecule has 0 fully saturated rings. The van der Waals surface area contributed by atoms with E-state index in [0.717, 1.165) is 39.5 Å². The molecule has 4 aromatic carbocycles. The SMILES string of the molecule is COc1ccc(C2C=C(c3ccccc3)N(c3cccc([N+](=O)[O-])c3)C(c3ccccc3)=C2)cc1. The number of hydrogen-bond acceptors (Lipinski definition) is 4. The van der Waals surface area contributed by atoms with Crippen LogP contribution in [0.25, 0.3) is 11.4 Å². The second-order valence-electron chi connectivity index (χ2n) is 8.25. The lowest BCUT2D eigenvalue weighted by atomic mass is 9.89. The Bertz CT molecular complexity index is 1340. The molecule has 0 unspecified atom stereocenters. The molecule has 1 heterocycles. The molecule has 5 rings (SSSR count). The van der Waals surface area contributed by atoms with E-state index in [0.29, 0.717) is 0 Å². The number of nitro benzene ring substituents is 1. The largest absolute Gasteiger partial charge is 0.497 e. The minimum atomic E-state index is -0.356. The van der Waals surface area contributed by atoms with E-state index in [1.807, 2.05) is 54.6 Å². The molecule has 0 bridgehead atoms. The molecule has 0 amide bonds. The summed E-state index contributed by atoms with van der Waals surface area (Å²) in [6.45, 7) is 0. The third-order valence-electron chi connectivity index (χ3n) is 6.10. The third kappa shape index (κ3) is 4.57. The van der Waals surface area contributed by atoms with Crippen molar-refractivity contribution in [2.75, 3.05) is 12.0 Å². The van der Waals surface area contributed by atoms with Crippen molar-refractivity contribution in [2.45, 2.75) is 5.92 Å². The Labute approximate surface area is 204 Å². The Hall–Kier alpha value is -4.64. The van der Waals surface area contributed by atoms with Gasteiger partial charge in [-0.3, -0.25) is 10.1 Å². The van der Waals surface area contributed by atoms with Crippen molar-refractivity contribution in [1.82, 2.24) is 0 Å². The van der Waals surface area contributed by atoms with E-state index < -0.39 is 0 Å². The molecular formula is C30H24N2O3. The molecule has 5 nitrogen and oxygen atoms in total.